The molecule has 0 radical (unpaired) electrons. The summed E-state index contributed by atoms with van der Waals surface area (Å²) in [5.74, 6) is -0.312. The number of anilines is 1. The van der Waals surface area contributed by atoms with Crippen molar-refractivity contribution in [2.24, 2.45) is 0 Å². The van der Waals surface area contributed by atoms with E-state index in [-0.39, 0.29) is 0 Å². The van der Waals surface area contributed by atoms with E-state index in [1.165, 1.54) is 5.56 Å². The molecule has 0 heterocycles. The predicted octanol–water partition coefficient (Wildman–Crippen LogP) is 4.11. The molecule has 0 aromatic heterocycles. The van der Waals surface area contributed by atoms with Gasteiger partial charge in [-0.2, -0.15) is 0 Å². The maximum atomic E-state index is 11.7. The topological polar surface area (TPSA) is 49.3 Å². The van der Waals surface area contributed by atoms with Crippen LogP contribution in [0.3, 0.4) is 0 Å². The number of rotatable bonds is 5. The molecule has 3 rings (SSSR count). The standard InChI is InChI=1S/C18H19NO2/c1-12-6-2-5-9-16(12)19-17(18(20)21)15-8-4-3-7-14(15)13-10-11-13/h2-9,13,17,19H,10-11H2,1H3,(H,20,21). The molecule has 0 saturated heterocycles. The zero-order valence-corrected chi connectivity index (χ0v) is 12.0. The van der Waals surface area contributed by atoms with Gasteiger partial charge in [0, 0.05) is 5.69 Å². The number of hydrogen-bond acceptors (Lipinski definition) is 2. The Morgan fingerprint density at radius 1 is 1.14 bits per heavy atom. The van der Waals surface area contributed by atoms with Crippen LogP contribution in [0.1, 0.15) is 41.5 Å². The van der Waals surface area contributed by atoms with Gasteiger partial charge in [0.25, 0.3) is 0 Å². The quantitative estimate of drug-likeness (QED) is 0.867. The third-order valence-electron chi connectivity index (χ3n) is 4.02. The molecule has 1 aliphatic rings. The van der Waals surface area contributed by atoms with Gasteiger partial charge in [-0.05, 0) is 48.4 Å². The van der Waals surface area contributed by atoms with Gasteiger partial charge in [0.05, 0.1) is 0 Å². The molecule has 2 aromatic rings. The van der Waals surface area contributed by atoms with E-state index >= 15 is 0 Å². The largest absolute Gasteiger partial charge is 0.479 e. The summed E-state index contributed by atoms with van der Waals surface area (Å²) in [5, 5.41) is 12.8. The van der Waals surface area contributed by atoms with Crippen molar-refractivity contribution in [3.8, 4) is 0 Å². The Bertz CT molecular complexity index is 662. The minimum absolute atomic E-state index is 0.529. The molecule has 0 bridgehead atoms. The van der Waals surface area contributed by atoms with E-state index in [0.717, 1.165) is 29.7 Å². The summed E-state index contributed by atoms with van der Waals surface area (Å²) in [4.78, 5) is 11.7. The van der Waals surface area contributed by atoms with Crippen molar-refractivity contribution in [3.63, 3.8) is 0 Å². The highest BCUT2D eigenvalue weighted by Crippen LogP contribution is 2.43. The number of carbonyl (C=O) groups is 1. The highest BCUT2D eigenvalue weighted by atomic mass is 16.4. The molecule has 1 atom stereocenters. The Morgan fingerprint density at radius 2 is 1.81 bits per heavy atom. The summed E-state index contributed by atoms with van der Waals surface area (Å²) in [7, 11) is 0. The van der Waals surface area contributed by atoms with Crippen LogP contribution >= 0.6 is 0 Å². The van der Waals surface area contributed by atoms with Gasteiger partial charge >= 0.3 is 5.97 Å². The van der Waals surface area contributed by atoms with E-state index in [9.17, 15) is 9.90 Å². The Balaban J connectivity index is 1.96. The maximum absolute atomic E-state index is 11.7. The van der Waals surface area contributed by atoms with Crippen molar-refractivity contribution in [3.05, 3.63) is 65.2 Å². The highest BCUT2D eigenvalue weighted by Gasteiger charge is 2.30. The number of nitrogens with one attached hydrogen (secondary N) is 1. The lowest BCUT2D eigenvalue weighted by Crippen LogP contribution is -2.22. The van der Waals surface area contributed by atoms with Gasteiger partial charge in [-0.3, -0.25) is 0 Å². The van der Waals surface area contributed by atoms with E-state index in [0.29, 0.717) is 5.92 Å². The predicted molar refractivity (Wildman–Crippen MR) is 83.6 cm³/mol. The van der Waals surface area contributed by atoms with E-state index < -0.39 is 12.0 Å². The van der Waals surface area contributed by atoms with Gasteiger partial charge < -0.3 is 10.4 Å². The number of hydrogen-bond donors (Lipinski definition) is 2. The van der Waals surface area contributed by atoms with E-state index in [1.54, 1.807) is 0 Å². The molecule has 0 spiro atoms. The summed E-state index contributed by atoms with van der Waals surface area (Å²) in [5.41, 5.74) is 3.98. The molecule has 1 saturated carbocycles. The Kier molecular flexibility index (Phi) is 3.65. The lowest BCUT2D eigenvalue weighted by Gasteiger charge is -2.20. The van der Waals surface area contributed by atoms with Crippen LogP contribution in [-0.2, 0) is 4.79 Å². The summed E-state index contributed by atoms with van der Waals surface area (Å²) in [6.07, 6.45) is 2.32. The molecule has 1 aliphatic carbocycles. The minimum Gasteiger partial charge on any atom is -0.479 e. The molecule has 1 unspecified atom stereocenters. The number of para-hydroxylation sites is 1. The van der Waals surface area contributed by atoms with Gasteiger partial charge in [0.1, 0.15) is 0 Å². The van der Waals surface area contributed by atoms with Crippen molar-refractivity contribution < 1.29 is 9.90 Å². The molecule has 3 nitrogen and oxygen atoms in total. The van der Waals surface area contributed by atoms with Crippen LogP contribution in [0.25, 0.3) is 0 Å². The second kappa shape index (κ2) is 5.60. The first-order valence-corrected chi connectivity index (χ1v) is 7.30. The third-order valence-corrected chi connectivity index (χ3v) is 4.02. The number of aliphatic carboxylic acids is 1. The average molecular weight is 281 g/mol. The Labute approximate surface area is 124 Å². The Hall–Kier alpha value is -2.29. The van der Waals surface area contributed by atoms with Crippen LogP contribution in [0.5, 0.6) is 0 Å². The van der Waals surface area contributed by atoms with E-state index in [4.69, 9.17) is 0 Å². The smallest absolute Gasteiger partial charge is 0.330 e. The van der Waals surface area contributed by atoms with Crippen LogP contribution in [0.4, 0.5) is 5.69 Å². The molecule has 2 aromatic carbocycles. The number of carboxylic acids is 1. The SMILES string of the molecule is Cc1ccccc1NC(C(=O)O)c1ccccc1C1CC1. The van der Waals surface area contributed by atoms with Gasteiger partial charge in [-0.25, -0.2) is 4.79 Å². The van der Waals surface area contributed by atoms with Crippen molar-refractivity contribution in [1.29, 1.82) is 0 Å². The van der Waals surface area contributed by atoms with Crippen LogP contribution in [0, 0.1) is 6.92 Å². The van der Waals surface area contributed by atoms with Gasteiger partial charge in [0.2, 0.25) is 0 Å². The van der Waals surface area contributed by atoms with Crippen LogP contribution < -0.4 is 5.32 Å². The molecule has 0 amide bonds. The monoisotopic (exact) mass is 281 g/mol. The molecule has 1 fully saturated rings. The first-order chi connectivity index (χ1) is 10.2. The lowest BCUT2D eigenvalue weighted by atomic mass is 9.96. The number of aryl methyl sites for hydroxylation is 1. The third kappa shape index (κ3) is 2.92. The van der Waals surface area contributed by atoms with Crippen LogP contribution in [0.2, 0.25) is 0 Å². The van der Waals surface area contributed by atoms with E-state index in [1.807, 2.05) is 49.4 Å². The lowest BCUT2D eigenvalue weighted by molar-refractivity contribution is -0.138. The van der Waals surface area contributed by atoms with Crippen LogP contribution in [-0.4, -0.2) is 11.1 Å². The highest BCUT2D eigenvalue weighted by molar-refractivity contribution is 5.80. The molecule has 2 N–H and O–H groups in total. The molecule has 0 aliphatic heterocycles. The fraction of sp³-hybridized carbons (Fsp3) is 0.278. The first kappa shape index (κ1) is 13.7. The van der Waals surface area contributed by atoms with Crippen molar-refractivity contribution >= 4 is 11.7 Å². The van der Waals surface area contributed by atoms with E-state index in [2.05, 4.69) is 11.4 Å². The minimum atomic E-state index is -0.841. The fourth-order valence-corrected chi connectivity index (χ4v) is 2.70. The summed E-state index contributed by atoms with van der Waals surface area (Å²) < 4.78 is 0. The second-order valence-corrected chi connectivity index (χ2v) is 5.63. The van der Waals surface area contributed by atoms with Crippen molar-refractivity contribution in [2.75, 3.05) is 5.32 Å². The summed E-state index contributed by atoms with van der Waals surface area (Å²) >= 11 is 0. The zero-order valence-electron chi connectivity index (χ0n) is 12.0. The van der Waals surface area contributed by atoms with Gasteiger partial charge in [-0.1, -0.05) is 42.5 Å². The summed E-state index contributed by atoms with van der Waals surface area (Å²) in [6, 6.07) is 15.0. The molecule has 3 heteroatoms. The summed E-state index contributed by atoms with van der Waals surface area (Å²) in [6.45, 7) is 1.98. The van der Waals surface area contributed by atoms with Crippen molar-refractivity contribution in [2.45, 2.75) is 31.7 Å². The average Bonchev–Trinajstić information content (AvgIpc) is 3.31. The Morgan fingerprint density at radius 3 is 2.48 bits per heavy atom. The second-order valence-electron chi connectivity index (χ2n) is 5.63. The van der Waals surface area contributed by atoms with Crippen molar-refractivity contribution in [1.82, 2.24) is 0 Å². The molecule has 21 heavy (non-hydrogen) atoms. The number of benzene rings is 2. The molecular formula is C18H19NO2. The normalized spacial score (nSPS) is 15.5. The fourth-order valence-electron chi connectivity index (χ4n) is 2.70. The zero-order chi connectivity index (χ0) is 14.8. The molecular weight excluding hydrogens is 262 g/mol. The first-order valence-electron chi connectivity index (χ1n) is 7.30. The van der Waals surface area contributed by atoms with Gasteiger partial charge in [0.15, 0.2) is 6.04 Å². The maximum Gasteiger partial charge on any atom is 0.330 e. The molecule has 108 valence electrons. The van der Waals surface area contributed by atoms with Crippen LogP contribution in [0.15, 0.2) is 48.5 Å². The van der Waals surface area contributed by atoms with Gasteiger partial charge in [-0.15, -0.1) is 0 Å². The number of carboxylic acid groups (broad SMARTS) is 1.